The second-order valence-electron chi connectivity index (χ2n) is 5.96. The topological polar surface area (TPSA) is 32.3 Å². The molecule has 0 aromatic heterocycles. The van der Waals surface area contributed by atoms with Crippen LogP contribution in [0.3, 0.4) is 0 Å². The summed E-state index contributed by atoms with van der Waals surface area (Å²) in [7, 11) is 2.12. The Hall–Kier alpha value is -2.99. The molecule has 0 atom stereocenters. The van der Waals surface area contributed by atoms with E-state index in [9.17, 15) is 4.79 Å². The van der Waals surface area contributed by atoms with Crippen LogP contribution in [0.25, 0.3) is 6.08 Å². The number of hydrogen-bond acceptors (Lipinski definition) is 2. The number of terminal acetylenes is 1. The maximum Gasteiger partial charge on any atom is 0.248 e. The van der Waals surface area contributed by atoms with E-state index < -0.39 is 0 Å². The number of hydrogen-bond donors (Lipinski definition) is 1. The fourth-order valence-electron chi connectivity index (χ4n) is 2.95. The van der Waals surface area contributed by atoms with Gasteiger partial charge in [-0.2, -0.15) is 0 Å². The molecule has 0 unspecified atom stereocenters. The summed E-state index contributed by atoms with van der Waals surface area (Å²) >= 11 is 0. The molecule has 0 saturated carbocycles. The Labute approximate surface area is 143 Å². The van der Waals surface area contributed by atoms with E-state index in [0.717, 1.165) is 24.1 Å². The maximum atomic E-state index is 12.1. The molecule has 0 bridgehead atoms. The van der Waals surface area contributed by atoms with Crippen LogP contribution in [0.5, 0.6) is 0 Å². The molecule has 0 saturated heterocycles. The van der Waals surface area contributed by atoms with Crippen molar-refractivity contribution in [3.05, 3.63) is 65.2 Å². The summed E-state index contributed by atoms with van der Waals surface area (Å²) in [5, 5.41) is 2.83. The molecule has 2 aromatic carbocycles. The molecule has 0 fully saturated rings. The standard InChI is InChI=1S/C21H20N2O/c1-3-16-6-4-8-19(15-16)22-21(24)12-10-17-9-11-20-18(14-17)7-5-13-23(20)2/h1,4,6,8-12,14-15H,5,7,13H2,2H3,(H,22,24). The molecule has 120 valence electrons. The zero-order chi connectivity index (χ0) is 16.9. The molecule has 1 heterocycles. The number of fused-ring (bicyclic) bond motifs is 1. The number of anilines is 2. The zero-order valence-corrected chi connectivity index (χ0v) is 13.8. The van der Waals surface area contributed by atoms with E-state index in [0.29, 0.717) is 5.69 Å². The summed E-state index contributed by atoms with van der Waals surface area (Å²) in [6.45, 7) is 1.10. The van der Waals surface area contributed by atoms with Gasteiger partial charge in [0.1, 0.15) is 0 Å². The summed E-state index contributed by atoms with van der Waals surface area (Å²) in [5.74, 6) is 2.39. The van der Waals surface area contributed by atoms with Crippen LogP contribution in [0, 0.1) is 12.3 Å². The van der Waals surface area contributed by atoms with Crippen molar-refractivity contribution in [2.45, 2.75) is 12.8 Å². The molecule has 1 aliphatic rings. The van der Waals surface area contributed by atoms with Crippen LogP contribution in [0.15, 0.2) is 48.5 Å². The quantitative estimate of drug-likeness (QED) is 0.692. The summed E-state index contributed by atoms with van der Waals surface area (Å²) in [5.41, 5.74) is 5.11. The average Bonchev–Trinajstić information content (AvgIpc) is 2.60. The Morgan fingerprint density at radius 1 is 1.29 bits per heavy atom. The third kappa shape index (κ3) is 3.67. The SMILES string of the molecule is C#Cc1cccc(NC(=O)C=Cc2ccc3c(c2)CCCN3C)c1. The van der Waals surface area contributed by atoms with Crippen LogP contribution in [0.1, 0.15) is 23.1 Å². The average molecular weight is 316 g/mol. The van der Waals surface area contributed by atoms with Crippen molar-refractivity contribution in [1.29, 1.82) is 0 Å². The van der Waals surface area contributed by atoms with Gasteiger partial charge in [-0.05, 0) is 60.4 Å². The first-order valence-corrected chi connectivity index (χ1v) is 8.05. The number of carbonyl (C=O) groups excluding carboxylic acids is 1. The van der Waals surface area contributed by atoms with E-state index in [1.54, 1.807) is 12.1 Å². The fourth-order valence-corrected chi connectivity index (χ4v) is 2.95. The highest BCUT2D eigenvalue weighted by Crippen LogP contribution is 2.27. The Bertz CT molecular complexity index is 830. The highest BCUT2D eigenvalue weighted by molar-refractivity contribution is 6.02. The van der Waals surface area contributed by atoms with Crippen LogP contribution in [-0.2, 0) is 11.2 Å². The molecule has 24 heavy (non-hydrogen) atoms. The number of rotatable bonds is 3. The predicted molar refractivity (Wildman–Crippen MR) is 100 cm³/mol. The third-order valence-corrected chi connectivity index (χ3v) is 4.18. The molecule has 1 amide bonds. The zero-order valence-electron chi connectivity index (χ0n) is 13.8. The van der Waals surface area contributed by atoms with E-state index in [-0.39, 0.29) is 5.91 Å². The first kappa shape index (κ1) is 15.9. The van der Waals surface area contributed by atoms with Crippen LogP contribution in [0.2, 0.25) is 0 Å². The third-order valence-electron chi connectivity index (χ3n) is 4.18. The molecule has 1 aliphatic heterocycles. The molecular weight excluding hydrogens is 296 g/mol. The lowest BCUT2D eigenvalue weighted by atomic mass is 9.99. The van der Waals surface area contributed by atoms with Gasteiger partial charge in [0, 0.05) is 36.6 Å². The Balaban J connectivity index is 1.69. The molecule has 0 radical (unpaired) electrons. The number of benzene rings is 2. The van der Waals surface area contributed by atoms with Gasteiger partial charge in [-0.25, -0.2) is 0 Å². The van der Waals surface area contributed by atoms with Crippen LogP contribution < -0.4 is 10.2 Å². The molecule has 3 rings (SSSR count). The number of amides is 1. The molecule has 3 heteroatoms. The van der Waals surface area contributed by atoms with Gasteiger partial charge >= 0.3 is 0 Å². The van der Waals surface area contributed by atoms with E-state index in [1.165, 1.54) is 17.7 Å². The van der Waals surface area contributed by atoms with Crippen molar-refractivity contribution in [1.82, 2.24) is 0 Å². The van der Waals surface area contributed by atoms with E-state index in [1.807, 2.05) is 30.3 Å². The van der Waals surface area contributed by atoms with Gasteiger partial charge in [-0.15, -0.1) is 6.42 Å². The second kappa shape index (κ2) is 7.06. The van der Waals surface area contributed by atoms with Gasteiger partial charge in [-0.3, -0.25) is 4.79 Å². The first-order valence-electron chi connectivity index (χ1n) is 8.05. The van der Waals surface area contributed by atoms with Gasteiger partial charge in [0.05, 0.1) is 0 Å². The second-order valence-corrected chi connectivity index (χ2v) is 5.96. The molecule has 1 N–H and O–H groups in total. The number of carbonyl (C=O) groups is 1. The van der Waals surface area contributed by atoms with Crippen molar-refractivity contribution >= 4 is 23.4 Å². The molecule has 2 aromatic rings. The maximum absolute atomic E-state index is 12.1. The van der Waals surface area contributed by atoms with Crippen LogP contribution in [-0.4, -0.2) is 19.5 Å². The van der Waals surface area contributed by atoms with Gasteiger partial charge in [-0.1, -0.05) is 18.1 Å². The lowest BCUT2D eigenvalue weighted by molar-refractivity contribution is -0.111. The highest BCUT2D eigenvalue weighted by Gasteiger charge is 2.13. The minimum absolute atomic E-state index is 0.168. The van der Waals surface area contributed by atoms with Gasteiger partial charge in [0.25, 0.3) is 0 Å². The Morgan fingerprint density at radius 2 is 2.17 bits per heavy atom. The molecule has 0 spiro atoms. The van der Waals surface area contributed by atoms with Crippen molar-refractivity contribution in [3.63, 3.8) is 0 Å². The van der Waals surface area contributed by atoms with Crippen LogP contribution >= 0.6 is 0 Å². The highest BCUT2D eigenvalue weighted by atomic mass is 16.1. The van der Waals surface area contributed by atoms with Gasteiger partial charge < -0.3 is 10.2 Å². The summed E-state index contributed by atoms with van der Waals surface area (Å²) in [6, 6.07) is 13.6. The molecule has 0 aliphatic carbocycles. The summed E-state index contributed by atoms with van der Waals surface area (Å²) in [4.78, 5) is 14.3. The fraction of sp³-hybridized carbons (Fsp3) is 0.190. The minimum atomic E-state index is -0.168. The lowest BCUT2D eigenvalue weighted by Crippen LogP contribution is -2.24. The largest absolute Gasteiger partial charge is 0.374 e. The predicted octanol–water partition coefficient (Wildman–Crippen LogP) is 3.70. The van der Waals surface area contributed by atoms with Crippen molar-refractivity contribution < 1.29 is 4.79 Å². The van der Waals surface area contributed by atoms with E-state index in [4.69, 9.17) is 6.42 Å². The normalized spacial score (nSPS) is 13.4. The van der Waals surface area contributed by atoms with E-state index in [2.05, 4.69) is 35.3 Å². The number of nitrogens with zero attached hydrogens (tertiary/aromatic N) is 1. The summed E-state index contributed by atoms with van der Waals surface area (Å²) in [6.07, 6.45) is 11.0. The van der Waals surface area contributed by atoms with Crippen molar-refractivity contribution in [2.75, 3.05) is 23.8 Å². The number of aryl methyl sites for hydroxylation is 1. The van der Waals surface area contributed by atoms with Crippen molar-refractivity contribution in [3.8, 4) is 12.3 Å². The summed E-state index contributed by atoms with van der Waals surface area (Å²) < 4.78 is 0. The Morgan fingerprint density at radius 3 is 3.00 bits per heavy atom. The first-order chi connectivity index (χ1) is 11.7. The molecular formula is C21H20N2O. The van der Waals surface area contributed by atoms with Gasteiger partial charge in [0.15, 0.2) is 0 Å². The van der Waals surface area contributed by atoms with Gasteiger partial charge in [0.2, 0.25) is 5.91 Å². The monoisotopic (exact) mass is 316 g/mol. The van der Waals surface area contributed by atoms with Crippen molar-refractivity contribution in [2.24, 2.45) is 0 Å². The molecule has 3 nitrogen and oxygen atoms in total. The van der Waals surface area contributed by atoms with Crippen LogP contribution in [0.4, 0.5) is 11.4 Å². The minimum Gasteiger partial charge on any atom is -0.374 e. The lowest BCUT2D eigenvalue weighted by Gasteiger charge is -2.27. The van der Waals surface area contributed by atoms with E-state index >= 15 is 0 Å². The number of nitrogens with one attached hydrogen (secondary N) is 1. The Kier molecular flexibility index (Phi) is 4.67. The smallest absolute Gasteiger partial charge is 0.248 e.